The molecule has 0 aliphatic heterocycles. The third kappa shape index (κ3) is 2.56. The molecular formula is C20H30O2. The Morgan fingerprint density at radius 2 is 2.00 bits per heavy atom. The fourth-order valence-corrected chi connectivity index (χ4v) is 5.30. The summed E-state index contributed by atoms with van der Waals surface area (Å²) in [5.41, 5.74) is 4.60. The van der Waals surface area contributed by atoms with Crippen LogP contribution in [0.25, 0.3) is 0 Å². The van der Waals surface area contributed by atoms with Crippen molar-refractivity contribution >= 4 is 0 Å². The van der Waals surface area contributed by atoms with E-state index in [9.17, 15) is 5.11 Å². The quantitative estimate of drug-likeness (QED) is 0.786. The first-order valence-corrected chi connectivity index (χ1v) is 8.74. The van der Waals surface area contributed by atoms with Gasteiger partial charge in [-0.2, -0.15) is 0 Å². The Balaban J connectivity index is 1.91. The molecule has 1 N–H and O–H groups in total. The van der Waals surface area contributed by atoms with Crippen LogP contribution in [-0.2, 0) is 6.42 Å². The number of allylic oxidation sites excluding steroid dienone is 1. The summed E-state index contributed by atoms with van der Waals surface area (Å²) in [6.45, 7) is 9.41. The van der Waals surface area contributed by atoms with Gasteiger partial charge in [-0.15, -0.1) is 0 Å². The summed E-state index contributed by atoms with van der Waals surface area (Å²) in [7, 11) is 0. The van der Waals surface area contributed by atoms with Gasteiger partial charge in [0.25, 0.3) is 0 Å². The molecule has 2 aliphatic rings. The van der Waals surface area contributed by atoms with E-state index >= 15 is 0 Å². The zero-order chi connectivity index (χ0) is 16.0. The number of fused-ring (bicyclic) bond motifs is 1. The molecule has 1 aromatic heterocycles. The predicted molar refractivity (Wildman–Crippen MR) is 89.6 cm³/mol. The second-order valence-electron chi connectivity index (χ2n) is 8.36. The van der Waals surface area contributed by atoms with Crippen molar-refractivity contribution < 1.29 is 9.52 Å². The standard InChI is InChI=1S/C20H30O2/c1-14-16(7-6-15-8-11-22-13-15)20(4)10-5-9-19(2,3)18(20)12-17(14)21/h8,11,13,17-18,21H,5-7,9-10,12H2,1-4H3/t17-,18-,20+/m0/s1. The van der Waals surface area contributed by atoms with Crippen molar-refractivity contribution in [1.82, 2.24) is 0 Å². The summed E-state index contributed by atoms with van der Waals surface area (Å²) in [5, 5.41) is 10.6. The van der Waals surface area contributed by atoms with Gasteiger partial charge in [-0.25, -0.2) is 0 Å². The molecule has 1 heterocycles. The summed E-state index contributed by atoms with van der Waals surface area (Å²) in [4.78, 5) is 0. The van der Waals surface area contributed by atoms with Crippen LogP contribution in [0.2, 0.25) is 0 Å². The number of aliphatic hydroxyl groups is 1. The Morgan fingerprint density at radius 3 is 2.68 bits per heavy atom. The van der Waals surface area contributed by atoms with Crippen LogP contribution in [0.3, 0.4) is 0 Å². The van der Waals surface area contributed by atoms with E-state index in [1.54, 1.807) is 6.26 Å². The van der Waals surface area contributed by atoms with Crippen LogP contribution in [-0.4, -0.2) is 11.2 Å². The van der Waals surface area contributed by atoms with Crippen LogP contribution in [0, 0.1) is 16.7 Å². The maximum absolute atomic E-state index is 10.6. The molecule has 0 bridgehead atoms. The summed E-state index contributed by atoms with van der Waals surface area (Å²) >= 11 is 0. The topological polar surface area (TPSA) is 33.4 Å². The van der Waals surface area contributed by atoms with Gasteiger partial charge < -0.3 is 9.52 Å². The van der Waals surface area contributed by atoms with Gasteiger partial charge in [-0.05, 0) is 73.0 Å². The molecule has 0 saturated heterocycles. The van der Waals surface area contributed by atoms with Crippen molar-refractivity contribution in [2.24, 2.45) is 16.7 Å². The molecule has 2 nitrogen and oxygen atoms in total. The van der Waals surface area contributed by atoms with Gasteiger partial charge in [0.05, 0.1) is 18.6 Å². The monoisotopic (exact) mass is 302 g/mol. The summed E-state index contributed by atoms with van der Waals surface area (Å²) < 4.78 is 5.20. The largest absolute Gasteiger partial charge is 0.472 e. The van der Waals surface area contributed by atoms with Crippen LogP contribution in [0.5, 0.6) is 0 Å². The molecule has 22 heavy (non-hydrogen) atoms. The van der Waals surface area contributed by atoms with Gasteiger partial charge >= 0.3 is 0 Å². The minimum Gasteiger partial charge on any atom is -0.472 e. The summed E-state index contributed by atoms with van der Waals surface area (Å²) in [5.74, 6) is 0.590. The van der Waals surface area contributed by atoms with E-state index in [0.29, 0.717) is 11.3 Å². The van der Waals surface area contributed by atoms with Gasteiger partial charge in [0.1, 0.15) is 0 Å². The first kappa shape index (κ1) is 15.9. The molecule has 0 radical (unpaired) electrons. The lowest BCUT2D eigenvalue weighted by Crippen LogP contribution is -2.48. The molecule has 3 atom stereocenters. The predicted octanol–water partition coefficient (Wildman–Crippen LogP) is 5.13. The van der Waals surface area contributed by atoms with E-state index in [0.717, 1.165) is 19.3 Å². The maximum atomic E-state index is 10.6. The fraction of sp³-hybridized carbons (Fsp3) is 0.700. The van der Waals surface area contributed by atoms with Gasteiger partial charge in [-0.3, -0.25) is 0 Å². The summed E-state index contributed by atoms with van der Waals surface area (Å²) in [6, 6.07) is 2.06. The molecule has 1 aromatic rings. The van der Waals surface area contributed by atoms with E-state index in [1.165, 1.54) is 36.0 Å². The van der Waals surface area contributed by atoms with Crippen LogP contribution in [0.15, 0.2) is 34.2 Å². The van der Waals surface area contributed by atoms with Gasteiger partial charge in [-0.1, -0.05) is 32.8 Å². The van der Waals surface area contributed by atoms with Crippen LogP contribution in [0.1, 0.15) is 65.4 Å². The van der Waals surface area contributed by atoms with Crippen molar-refractivity contribution in [2.45, 2.75) is 72.3 Å². The Morgan fingerprint density at radius 1 is 1.23 bits per heavy atom. The lowest BCUT2D eigenvalue weighted by molar-refractivity contribution is -0.0208. The second-order valence-corrected chi connectivity index (χ2v) is 8.36. The molecular weight excluding hydrogens is 272 g/mol. The number of hydrogen-bond donors (Lipinski definition) is 1. The highest BCUT2D eigenvalue weighted by atomic mass is 16.3. The van der Waals surface area contributed by atoms with Crippen molar-refractivity contribution in [1.29, 1.82) is 0 Å². The Labute approximate surface area is 134 Å². The summed E-state index contributed by atoms with van der Waals surface area (Å²) in [6.07, 6.45) is 10.2. The van der Waals surface area contributed by atoms with Crippen LogP contribution >= 0.6 is 0 Å². The Kier molecular flexibility index (Phi) is 4.01. The van der Waals surface area contributed by atoms with E-state index in [-0.39, 0.29) is 11.5 Å². The molecule has 2 aliphatic carbocycles. The average Bonchev–Trinajstić information content (AvgIpc) is 2.94. The molecule has 0 spiro atoms. The minimum absolute atomic E-state index is 0.255. The fourth-order valence-electron chi connectivity index (χ4n) is 5.30. The maximum Gasteiger partial charge on any atom is 0.0934 e. The van der Waals surface area contributed by atoms with E-state index < -0.39 is 0 Å². The Bertz CT molecular complexity index is 552. The first-order valence-electron chi connectivity index (χ1n) is 8.74. The number of aryl methyl sites for hydroxylation is 1. The lowest BCUT2D eigenvalue weighted by atomic mass is 9.49. The third-order valence-corrected chi connectivity index (χ3v) is 6.60. The third-order valence-electron chi connectivity index (χ3n) is 6.60. The highest BCUT2D eigenvalue weighted by Gasteiger charge is 2.51. The number of hydrogen-bond acceptors (Lipinski definition) is 2. The lowest BCUT2D eigenvalue weighted by Gasteiger charge is -2.56. The van der Waals surface area contributed by atoms with Gasteiger partial charge in [0.15, 0.2) is 0 Å². The van der Waals surface area contributed by atoms with Crippen LogP contribution < -0.4 is 0 Å². The number of aliphatic hydroxyl groups excluding tert-OH is 1. The van der Waals surface area contributed by atoms with E-state index in [2.05, 4.69) is 33.8 Å². The zero-order valence-electron chi connectivity index (χ0n) is 14.5. The SMILES string of the molecule is CC1=C(CCc2ccoc2)[C@@]2(C)CCCC(C)(C)[C@@H]2C[C@@H]1O. The molecule has 2 heteroatoms. The first-order chi connectivity index (χ1) is 10.3. The highest BCUT2D eigenvalue weighted by Crippen LogP contribution is 2.60. The molecule has 0 amide bonds. The molecule has 3 rings (SSSR count). The zero-order valence-corrected chi connectivity index (χ0v) is 14.5. The van der Waals surface area contributed by atoms with Crippen LogP contribution in [0.4, 0.5) is 0 Å². The number of furan rings is 1. The highest BCUT2D eigenvalue weighted by molar-refractivity contribution is 5.31. The minimum atomic E-state index is -0.255. The van der Waals surface area contributed by atoms with Gasteiger partial charge in [0.2, 0.25) is 0 Å². The van der Waals surface area contributed by atoms with E-state index in [4.69, 9.17) is 4.42 Å². The van der Waals surface area contributed by atoms with Crippen molar-refractivity contribution in [2.75, 3.05) is 0 Å². The van der Waals surface area contributed by atoms with Gasteiger partial charge in [0, 0.05) is 0 Å². The average molecular weight is 302 g/mol. The Hall–Kier alpha value is -1.02. The normalized spacial score (nSPS) is 34.6. The second kappa shape index (κ2) is 5.56. The number of rotatable bonds is 3. The molecule has 1 saturated carbocycles. The van der Waals surface area contributed by atoms with Crippen molar-refractivity contribution in [3.8, 4) is 0 Å². The van der Waals surface area contributed by atoms with E-state index in [1.807, 2.05) is 6.26 Å². The molecule has 1 fully saturated rings. The smallest absolute Gasteiger partial charge is 0.0934 e. The molecule has 0 unspecified atom stereocenters. The van der Waals surface area contributed by atoms with Crippen molar-refractivity contribution in [3.05, 3.63) is 35.3 Å². The molecule has 0 aromatic carbocycles. The van der Waals surface area contributed by atoms with Crippen molar-refractivity contribution in [3.63, 3.8) is 0 Å². The molecule has 122 valence electrons.